The summed E-state index contributed by atoms with van der Waals surface area (Å²) in [5.74, 6) is -1.53. The maximum atomic E-state index is 13.3. The van der Waals surface area contributed by atoms with Crippen LogP contribution in [-0.2, 0) is 27.1 Å². The predicted molar refractivity (Wildman–Crippen MR) is 128 cm³/mol. The van der Waals surface area contributed by atoms with Gasteiger partial charge in [0, 0.05) is 12.4 Å². The number of halogens is 2. The van der Waals surface area contributed by atoms with Crippen LogP contribution in [0.2, 0.25) is 5.02 Å². The lowest BCUT2D eigenvalue weighted by Gasteiger charge is -2.42. The fourth-order valence-corrected chi connectivity index (χ4v) is 4.73. The van der Waals surface area contributed by atoms with Crippen molar-refractivity contribution < 1.29 is 33.6 Å². The van der Waals surface area contributed by atoms with Crippen molar-refractivity contribution in [2.45, 2.75) is 24.3 Å². The van der Waals surface area contributed by atoms with E-state index in [1.54, 1.807) is 48.0 Å². The number of ether oxygens (including phenoxy) is 2. The van der Waals surface area contributed by atoms with Gasteiger partial charge < -0.3 is 24.5 Å². The SMILES string of the molecule is COc1ccc2c(cc(C(=O)NC3(c4ccc(C(CCCOF)C(=O)O)cc4)COC3)n2C)c1Cl. The molecule has 1 amide bonds. The van der Waals surface area contributed by atoms with Gasteiger partial charge in [0.05, 0.1) is 43.4 Å². The van der Waals surface area contributed by atoms with E-state index >= 15 is 0 Å². The van der Waals surface area contributed by atoms with Crippen molar-refractivity contribution in [3.8, 4) is 5.75 Å². The lowest BCUT2D eigenvalue weighted by molar-refractivity contribution is -0.141. The van der Waals surface area contributed by atoms with Crippen molar-refractivity contribution in [2.24, 2.45) is 7.05 Å². The first-order valence-corrected chi connectivity index (χ1v) is 11.5. The Morgan fingerprint density at radius 3 is 2.54 bits per heavy atom. The molecule has 1 saturated heterocycles. The van der Waals surface area contributed by atoms with Gasteiger partial charge in [0.25, 0.3) is 5.91 Å². The molecule has 3 aromatic rings. The highest BCUT2D eigenvalue weighted by atomic mass is 35.5. The van der Waals surface area contributed by atoms with Crippen LogP contribution in [0.15, 0.2) is 42.5 Å². The zero-order valence-electron chi connectivity index (χ0n) is 19.3. The molecule has 0 saturated carbocycles. The fourth-order valence-electron chi connectivity index (χ4n) is 4.44. The standard InChI is InChI=1S/C25H26ClFN2O6/c1-29-19-9-10-21(33-2)22(26)18(19)12-20(29)23(30)28-25(13-34-14-25)16-7-5-15(6-8-16)17(24(31)32)4-3-11-35-27/h5-10,12,17H,3-4,11,13-14H2,1-2H3,(H,28,30)(H,31,32). The molecule has 8 nitrogen and oxygen atoms in total. The molecule has 0 spiro atoms. The molecule has 1 fully saturated rings. The Kier molecular flexibility index (Phi) is 7.30. The van der Waals surface area contributed by atoms with E-state index in [1.807, 2.05) is 6.07 Å². The van der Waals surface area contributed by atoms with Crippen LogP contribution in [0.4, 0.5) is 4.53 Å². The normalized spacial score (nSPS) is 15.4. The first-order chi connectivity index (χ1) is 16.8. The van der Waals surface area contributed by atoms with Gasteiger partial charge in [0.2, 0.25) is 0 Å². The Morgan fingerprint density at radius 2 is 1.97 bits per heavy atom. The molecular formula is C25H26ClFN2O6. The summed E-state index contributed by atoms with van der Waals surface area (Å²) in [4.78, 5) is 28.5. The average molecular weight is 505 g/mol. The third-order valence-electron chi connectivity index (χ3n) is 6.51. The molecule has 1 aliphatic rings. The molecule has 1 aliphatic heterocycles. The Morgan fingerprint density at radius 1 is 1.26 bits per heavy atom. The van der Waals surface area contributed by atoms with Crippen LogP contribution in [0.25, 0.3) is 10.9 Å². The quantitative estimate of drug-likeness (QED) is 0.398. The highest BCUT2D eigenvalue weighted by molar-refractivity contribution is 6.37. The van der Waals surface area contributed by atoms with Crippen LogP contribution in [0.5, 0.6) is 5.75 Å². The minimum atomic E-state index is -0.988. The Balaban J connectivity index is 1.57. The number of carbonyl (C=O) groups excluding carboxylic acids is 1. The molecule has 2 aromatic carbocycles. The van der Waals surface area contributed by atoms with Crippen molar-refractivity contribution in [3.05, 3.63) is 64.3 Å². The minimum Gasteiger partial charge on any atom is -0.495 e. The van der Waals surface area contributed by atoms with Crippen LogP contribution < -0.4 is 10.1 Å². The van der Waals surface area contributed by atoms with E-state index in [2.05, 4.69) is 10.3 Å². The number of methoxy groups -OCH3 is 1. The number of nitrogens with zero attached hydrogens (tertiary/aromatic N) is 1. The van der Waals surface area contributed by atoms with Crippen molar-refractivity contribution in [1.29, 1.82) is 0 Å². The van der Waals surface area contributed by atoms with Gasteiger partial charge in [0.1, 0.15) is 17.0 Å². The maximum Gasteiger partial charge on any atom is 0.310 e. The fraction of sp³-hybridized carbons (Fsp3) is 0.360. The van der Waals surface area contributed by atoms with Gasteiger partial charge in [-0.3, -0.25) is 9.59 Å². The molecule has 4 rings (SSSR count). The number of aromatic nitrogens is 1. The number of carbonyl (C=O) groups is 2. The monoisotopic (exact) mass is 504 g/mol. The smallest absolute Gasteiger partial charge is 0.310 e. The summed E-state index contributed by atoms with van der Waals surface area (Å²) >= 11 is 6.44. The summed E-state index contributed by atoms with van der Waals surface area (Å²) in [6.07, 6.45) is 0.530. The summed E-state index contributed by atoms with van der Waals surface area (Å²) in [5.41, 5.74) is 1.88. The van der Waals surface area contributed by atoms with Gasteiger partial charge in [-0.15, -0.1) is 0 Å². The van der Waals surface area contributed by atoms with Crippen LogP contribution in [0.1, 0.15) is 40.4 Å². The zero-order chi connectivity index (χ0) is 25.2. The third kappa shape index (κ3) is 4.71. The van der Waals surface area contributed by atoms with E-state index in [-0.39, 0.29) is 38.6 Å². The molecule has 10 heteroatoms. The topological polar surface area (TPSA) is 99.0 Å². The van der Waals surface area contributed by atoms with Gasteiger partial charge in [0.15, 0.2) is 0 Å². The Hall–Kier alpha value is -3.14. The van der Waals surface area contributed by atoms with Crippen LogP contribution in [0.3, 0.4) is 0 Å². The molecule has 1 aromatic heterocycles. The van der Waals surface area contributed by atoms with Gasteiger partial charge in [-0.2, -0.15) is 4.94 Å². The number of aliphatic carboxylic acids is 1. The average Bonchev–Trinajstić information content (AvgIpc) is 3.17. The van der Waals surface area contributed by atoms with E-state index in [1.165, 1.54) is 7.11 Å². The summed E-state index contributed by atoms with van der Waals surface area (Å²) in [7, 11) is 3.32. The number of hydrogen-bond acceptors (Lipinski definition) is 5. The number of hydrogen-bond donors (Lipinski definition) is 2. The Labute approximate surface area is 206 Å². The van der Waals surface area contributed by atoms with Crippen molar-refractivity contribution in [2.75, 3.05) is 26.9 Å². The number of carboxylic acids is 1. The summed E-state index contributed by atoms with van der Waals surface area (Å²) in [5, 5.41) is 13.8. The largest absolute Gasteiger partial charge is 0.495 e. The number of nitrogens with one attached hydrogen (secondary N) is 1. The first-order valence-electron chi connectivity index (χ1n) is 11.1. The van der Waals surface area contributed by atoms with E-state index in [4.69, 9.17) is 21.1 Å². The molecule has 1 atom stereocenters. The third-order valence-corrected chi connectivity index (χ3v) is 6.90. The number of aryl methyl sites for hydroxylation is 1. The van der Waals surface area contributed by atoms with E-state index in [9.17, 15) is 19.2 Å². The molecular weight excluding hydrogens is 479 g/mol. The number of fused-ring (bicyclic) bond motifs is 1. The second-order valence-electron chi connectivity index (χ2n) is 8.60. The summed E-state index contributed by atoms with van der Waals surface area (Å²) in [6, 6.07) is 12.4. The first kappa shape index (κ1) is 25.0. The van der Waals surface area contributed by atoms with Crippen LogP contribution in [-0.4, -0.2) is 48.5 Å². The predicted octanol–water partition coefficient (Wildman–Crippen LogP) is 4.35. The lowest BCUT2D eigenvalue weighted by Crippen LogP contribution is -2.59. The zero-order valence-corrected chi connectivity index (χ0v) is 20.1. The minimum absolute atomic E-state index is 0.152. The number of rotatable bonds is 10. The molecule has 1 unspecified atom stereocenters. The van der Waals surface area contributed by atoms with Gasteiger partial charge in [-0.25, -0.2) is 0 Å². The Bertz CT molecular complexity index is 1240. The second kappa shape index (κ2) is 10.2. The molecule has 0 bridgehead atoms. The molecule has 186 valence electrons. The molecule has 2 N–H and O–H groups in total. The maximum absolute atomic E-state index is 13.3. The van der Waals surface area contributed by atoms with E-state index < -0.39 is 17.4 Å². The number of amides is 1. The van der Waals surface area contributed by atoms with Gasteiger partial charge >= 0.3 is 5.97 Å². The van der Waals surface area contributed by atoms with E-state index in [0.29, 0.717) is 27.4 Å². The van der Waals surface area contributed by atoms with Gasteiger partial charge in [-0.05, 0) is 46.7 Å². The van der Waals surface area contributed by atoms with Crippen molar-refractivity contribution in [3.63, 3.8) is 0 Å². The molecule has 0 aliphatic carbocycles. The highest BCUT2D eigenvalue weighted by Crippen LogP contribution is 2.36. The molecule has 2 heterocycles. The van der Waals surface area contributed by atoms with Crippen LogP contribution in [0, 0.1) is 0 Å². The highest BCUT2D eigenvalue weighted by Gasteiger charge is 2.42. The number of benzene rings is 2. The van der Waals surface area contributed by atoms with Gasteiger partial charge in [-0.1, -0.05) is 35.9 Å². The lowest BCUT2D eigenvalue weighted by atomic mass is 9.85. The van der Waals surface area contributed by atoms with Crippen LogP contribution >= 0.6 is 11.6 Å². The van der Waals surface area contributed by atoms with E-state index in [0.717, 1.165) is 11.1 Å². The van der Waals surface area contributed by atoms with Crippen molar-refractivity contribution in [1.82, 2.24) is 9.88 Å². The molecule has 0 radical (unpaired) electrons. The summed E-state index contributed by atoms with van der Waals surface area (Å²) in [6.45, 7) is 0.417. The number of carboxylic acid groups (broad SMARTS) is 1. The second-order valence-corrected chi connectivity index (χ2v) is 8.98. The summed E-state index contributed by atoms with van der Waals surface area (Å²) < 4.78 is 24.4. The molecule has 35 heavy (non-hydrogen) atoms. The van der Waals surface area contributed by atoms with Crippen molar-refractivity contribution >= 4 is 34.4 Å².